The van der Waals surface area contributed by atoms with Crippen molar-refractivity contribution in [2.24, 2.45) is 5.92 Å². The highest BCUT2D eigenvalue weighted by Gasteiger charge is 2.22. The van der Waals surface area contributed by atoms with Gasteiger partial charge in [-0.1, -0.05) is 35.0 Å². The molecule has 1 aromatic rings. The summed E-state index contributed by atoms with van der Waals surface area (Å²) in [6.45, 7) is 4.16. The highest BCUT2D eigenvalue weighted by molar-refractivity contribution is 9.09. The summed E-state index contributed by atoms with van der Waals surface area (Å²) in [5, 5.41) is 14.6. The van der Waals surface area contributed by atoms with Gasteiger partial charge in [0.15, 0.2) is 0 Å². The van der Waals surface area contributed by atoms with E-state index in [4.69, 9.17) is 0 Å². The van der Waals surface area contributed by atoms with Crippen molar-refractivity contribution >= 4 is 27.5 Å². The molecule has 0 saturated heterocycles. The third-order valence-electron chi connectivity index (χ3n) is 2.88. The van der Waals surface area contributed by atoms with Crippen LogP contribution in [0.1, 0.15) is 29.3 Å². The molecule has 1 unspecified atom stereocenters. The maximum atomic E-state index is 12.0. The van der Waals surface area contributed by atoms with Crippen molar-refractivity contribution in [3.05, 3.63) is 39.4 Å². The zero-order valence-electron chi connectivity index (χ0n) is 11.0. The van der Waals surface area contributed by atoms with Crippen molar-refractivity contribution in [1.29, 1.82) is 0 Å². The number of carbonyl (C=O) groups is 1. The normalized spacial score (nSPS) is 11.9. The average Bonchev–Trinajstić information content (AvgIpc) is 2.35. The van der Waals surface area contributed by atoms with Gasteiger partial charge in [0, 0.05) is 17.4 Å². The first kappa shape index (κ1) is 15.6. The summed E-state index contributed by atoms with van der Waals surface area (Å²) in [4.78, 5) is 22.5. The Hall–Kier alpha value is -1.43. The minimum atomic E-state index is -0.508. The Bertz CT molecular complexity index is 477. The van der Waals surface area contributed by atoms with Gasteiger partial charge in [-0.05, 0) is 25.3 Å². The largest absolute Gasteiger partial charge is 0.352 e. The van der Waals surface area contributed by atoms with Crippen molar-refractivity contribution in [2.45, 2.75) is 20.3 Å². The van der Waals surface area contributed by atoms with E-state index in [0.717, 1.165) is 11.8 Å². The van der Waals surface area contributed by atoms with Crippen LogP contribution >= 0.6 is 15.9 Å². The number of benzene rings is 1. The quantitative estimate of drug-likeness (QED) is 0.495. The molecule has 6 heteroatoms. The number of hydrogen-bond donors (Lipinski definition) is 1. The minimum absolute atomic E-state index is 0.117. The number of alkyl halides is 1. The predicted octanol–water partition coefficient (Wildman–Crippen LogP) is 3.05. The molecule has 0 bridgehead atoms. The van der Waals surface area contributed by atoms with E-state index in [0.29, 0.717) is 18.0 Å². The first-order valence-corrected chi connectivity index (χ1v) is 7.17. The van der Waals surface area contributed by atoms with E-state index in [1.165, 1.54) is 6.07 Å². The van der Waals surface area contributed by atoms with Gasteiger partial charge in [0.25, 0.3) is 11.6 Å². The minimum Gasteiger partial charge on any atom is -0.352 e. The summed E-state index contributed by atoms with van der Waals surface area (Å²) in [7, 11) is 0. The highest BCUT2D eigenvalue weighted by atomic mass is 79.9. The molecule has 5 nitrogen and oxygen atoms in total. The number of nitrogens with zero attached hydrogens (tertiary/aromatic N) is 1. The van der Waals surface area contributed by atoms with Crippen LogP contribution < -0.4 is 5.32 Å². The van der Waals surface area contributed by atoms with Gasteiger partial charge >= 0.3 is 0 Å². The lowest BCUT2D eigenvalue weighted by molar-refractivity contribution is -0.385. The highest BCUT2D eigenvalue weighted by Crippen LogP contribution is 2.22. The lowest BCUT2D eigenvalue weighted by Gasteiger charge is -2.11. The fourth-order valence-corrected chi connectivity index (χ4v) is 2.52. The number of carbonyl (C=O) groups excluding carboxylic acids is 1. The number of rotatable bonds is 6. The summed E-state index contributed by atoms with van der Waals surface area (Å²) < 4.78 is 0. The third-order valence-corrected chi connectivity index (χ3v) is 3.34. The van der Waals surface area contributed by atoms with Crippen molar-refractivity contribution in [3.8, 4) is 0 Å². The lowest BCUT2D eigenvalue weighted by Crippen LogP contribution is -2.29. The van der Waals surface area contributed by atoms with E-state index in [1.807, 2.05) is 6.92 Å². The van der Waals surface area contributed by atoms with Gasteiger partial charge in [0.05, 0.1) is 4.92 Å². The molecule has 19 heavy (non-hydrogen) atoms. The SMILES string of the molecule is Cc1cccc(C(=O)NCC(C)CCBr)c1[N+](=O)[O-]. The predicted molar refractivity (Wildman–Crippen MR) is 77.7 cm³/mol. The molecule has 1 N–H and O–H groups in total. The molecule has 0 heterocycles. The van der Waals surface area contributed by atoms with Gasteiger partial charge in [-0.3, -0.25) is 14.9 Å². The second-order valence-corrected chi connectivity index (χ2v) is 5.31. The van der Waals surface area contributed by atoms with Crippen LogP contribution in [0.15, 0.2) is 18.2 Å². The van der Waals surface area contributed by atoms with Crippen molar-refractivity contribution in [1.82, 2.24) is 5.32 Å². The molecule has 1 amide bonds. The molecule has 104 valence electrons. The lowest BCUT2D eigenvalue weighted by atomic mass is 10.1. The average molecular weight is 329 g/mol. The first-order valence-electron chi connectivity index (χ1n) is 6.05. The molecule has 1 rings (SSSR count). The monoisotopic (exact) mass is 328 g/mol. The fourth-order valence-electron chi connectivity index (χ4n) is 1.74. The maximum absolute atomic E-state index is 12.0. The van der Waals surface area contributed by atoms with E-state index in [2.05, 4.69) is 21.2 Å². The number of aryl methyl sites for hydroxylation is 1. The summed E-state index contributed by atoms with van der Waals surface area (Å²) in [6.07, 6.45) is 0.941. The zero-order valence-corrected chi connectivity index (χ0v) is 12.6. The zero-order chi connectivity index (χ0) is 14.4. The van der Waals surface area contributed by atoms with E-state index in [1.54, 1.807) is 19.1 Å². The Labute approximate surface area is 120 Å². The van der Waals surface area contributed by atoms with Gasteiger partial charge in [0.1, 0.15) is 5.56 Å². The van der Waals surface area contributed by atoms with Crippen molar-refractivity contribution < 1.29 is 9.72 Å². The van der Waals surface area contributed by atoms with Crippen LogP contribution in [0.4, 0.5) is 5.69 Å². The molecule has 0 aliphatic heterocycles. The Morgan fingerprint density at radius 1 is 1.53 bits per heavy atom. The van der Waals surface area contributed by atoms with E-state index >= 15 is 0 Å². The van der Waals surface area contributed by atoms with Gasteiger partial charge in [-0.25, -0.2) is 0 Å². The van der Waals surface area contributed by atoms with Crippen molar-refractivity contribution in [2.75, 3.05) is 11.9 Å². The van der Waals surface area contributed by atoms with Crippen LogP contribution in [0.3, 0.4) is 0 Å². The molecule has 0 aliphatic rings. The molecular formula is C13H17BrN2O3. The van der Waals surface area contributed by atoms with Crippen LogP contribution in [-0.2, 0) is 0 Å². The molecule has 0 saturated carbocycles. The van der Waals surface area contributed by atoms with Gasteiger partial charge in [-0.2, -0.15) is 0 Å². The molecular weight excluding hydrogens is 312 g/mol. The number of amides is 1. The van der Waals surface area contributed by atoms with Crippen molar-refractivity contribution in [3.63, 3.8) is 0 Å². The first-order chi connectivity index (χ1) is 8.97. The second-order valence-electron chi connectivity index (χ2n) is 4.52. The smallest absolute Gasteiger partial charge is 0.285 e. The Morgan fingerprint density at radius 3 is 2.79 bits per heavy atom. The van der Waals surface area contributed by atoms with Crippen LogP contribution in [0.5, 0.6) is 0 Å². The number of hydrogen-bond acceptors (Lipinski definition) is 3. The standard InChI is InChI=1S/C13H17BrN2O3/c1-9(6-7-14)8-15-13(17)11-5-3-4-10(2)12(11)16(18)19/h3-5,9H,6-8H2,1-2H3,(H,15,17). The second kappa shape index (κ2) is 7.23. The maximum Gasteiger partial charge on any atom is 0.285 e. The van der Waals surface area contributed by atoms with E-state index < -0.39 is 10.8 Å². The number of nitro groups is 1. The summed E-state index contributed by atoms with van der Waals surface area (Å²) >= 11 is 3.34. The molecule has 0 aliphatic carbocycles. The third kappa shape index (κ3) is 4.31. The molecule has 0 radical (unpaired) electrons. The molecule has 0 spiro atoms. The fraction of sp³-hybridized carbons (Fsp3) is 0.462. The number of para-hydroxylation sites is 1. The Balaban J connectivity index is 2.83. The Kier molecular flexibility index (Phi) is 5.95. The number of halogens is 1. The van der Waals surface area contributed by atoms with Crippen LogP contribution in [0, 0.1) is 23.0 Å². The van der Waals surface area contributed by atoms with Crippen LogP contribution in [-0.4, -0.2) is 22.7 Å². The summed E-state index contributed by atoms with van der Waals surface area (Å²) in [5.74, 6) is -0.0657. The number of nitro benzene ring substituents is 1. The Morgan fingerprint density at radius 2 is 2.21 bits per heavy atom. The van der Waals surface area contributed by atoms with Gasteiger partial charge in [0.2, 0.25) is 0 Å². The molecule has 0 fully saturated rings. The van der Waals surface area contributed by atoms with Crippen LogP contribution in [0.25, 0.3) is 0 Å². The molecule has 0 aromatic heterocycles. The van der Waals surface area contributed by atoms with Gasteiger partial charge < -0.3 is 5.32 Å². The summed E-state index contributed by atoms with van der Waals surface area (Å²) in [5.41, 5.74) is 0.496. The number of nitrogens with one attached hydrogen (secondary N) is 1. The molecule has 1 atom stereocenters. The van der Waals surface area contributed by atoms with E-state index in [-0.39, 0.29) is 11.3 Å². The summed E-state index contributed by atoms with van der Waals surface area (Å²) in [6, 6.07) is 4.76. The molecule has 1 aromatic carbocycles. The van der Waals surface area contributed by atoms with Gasteiger partial charge in [-0.15, -0.1) is 0 Å². The van der Waals surface area contributed by atoms with E-state index in [9.17, 15) is 14.9 Å². The topological polar surface area (TPSA) is 72.2 Å². The van der Waals surface area contributed by atoms with Crippen LogP contribution in [0.2, 0.25) is 0 Å².